The monoisotopic (exact) mass is 284 g/mol. The van der Waals surface area contributed by atoms with Gasteiger partial charge in [0, 0.05) is 30.2 Å². The number of hydrogen-bond acceptors (Lipinski definition) is 2. The van der Waals surface area contributed by atoms with Gasteiger partial charge < -0.3 is 9.80 Å². The van der Waals surface area contributed by atoms with Crippen LogP contribution in [0.1, 0.15) is 18.4 Å². The minimum Gasteiger partial charge on any atom is -0.306 e. The lowest BCUT2D eigenvalue weighted by atomic mass is 9.98. The van der Waals surface area contributed by atoms with Gasteiger partial charge in [-0.2, -0.15) is 0 Å². The summed E-state index contributed by atoms with van der Waals surface area (Å²) >= 11 is 6.06. The fraction of sp³-hybridized carbons (Fsp3) is 0.600. The minimum absolute atomic E-state index is 0.208. The van der Waals surface area contributed by atoms with E-state index >= 15 is 0 Å². The summed E-state index contributed by atoms with van der Waals surface area (Å²) < 4.78 is 13.7. The first-order chi connectivity index (χ1) is 9.06. The summed E-state index contributed by atoms with van der Waals surface area (Å²) in [6.07, 6.45) is 2.52. The summed E-state index contributed by atoms with van der Waals surface area (Å²) in [5.41, 5.74) is 0.607. The Labute approximate surface area is 120 Å². The van der Waals surface area contributed by atoms with Gasteiger partial charge in [0.2, 0.25) is 0 Å². The fourth-order valence-electron chi connectivity index (χ4n) is 2.88. The Morgan fingerprint density at radius 1 is 1.47 bits per heavy atom. The van der Waals surface area contributed by atoms with Gasteiger partial charge >= 0.3 is 0 Å². The molecule has 1 atom stereocenters. The van der Waals surface area contributed by atoms with Gasteiger partial charge in [0.05, 0.1) is 0 Å². The first-order valence-electron chi connectivity index (χ1n) is 6.86. The van der Waals surface area contributed by atoms with Crippen LogP contribution in [0.2, 0.25) is 5.02 Å². The quantitative estimate of drug-likeness (QED) is 0.837. The molecular formula is C15H22ClFN2. The van der Waals surface area contributed by atoms with Gasteiger partial charge in [-0.1, -0.05) is 17.7 Å². The molecule has 4 heteroatoms. The predicted molar refractivity (Wildman–Crippen MR) is 78.0 cm³/mol. The van der Waals surface area contributed by atoms with Gasteiger partial charge in [0.1, 0.15) is 5.82 Å². The number of rotatable bonds is 4. The van der Waals surface area contributed by atoms with E-state index < -0.39 is 0 Å². The summed E-state index contributed by atoms with van der Waals surface area (Å²) in [6, 6.07) is 4.88. The molecule has 2 rings (SSSR count). The highest BCUT2D eigenvalue weighted by Gasteiger charge is 2.19. The highest BCUT2D eigenvalue weighted by atomic mass is 35.5. The highest BCUT2D eigenvalue weighted by molar-refractivity contribution is 6.31. The third-order valence-corrected chi connectivity index (χ3v) is 4.14. The predicted octanol–water partition coefficient (Wildman–Crippen LogP) is 3.25. The molecule has 0 radical (unpaired) electrons. The molecule has 0 amide bonds. The van der Waals surface area contributed by atoms with Gasteiger partial charge in [0.15, 0.2) is 0 Å². The van der Waals surface area contributed by atoms with Gasteiger partial charge in [-0.25, -0.2) is 4.39 Å². The Kier molecular flexibility index (Phi) is 5.20. The van der Waals surface area contributed by atoms with Crippen molar-refractivity contribution in [3.8, 4) is 0 Å². The average molecular weight is 285 g/mol. The van der Waals surface area contributed by atoms with Crippen molar-refractivity contribution in [3.63, 3.8) is 0 Å². The maximum atomic E-state index is 13.7. The number of hydrogen-bond donors (Lipinski definition) is 0. The first-order valence-corrected chi connectivity index (χ1v) is 7.24. The molecule has 0 spiro atoms. The zero-order valence-corrected chi connectivity index (χ0v) is 12.5. The summed E-state index contributed by atoms with van der Waals surface area (Å²) in [5, 5.41) is 0.521. The zero-order valence-electron chi connectivity index (χ0n) is 11.7. The lowest BCUT2D eigenvalue weighted by molar-refractivity contribution is 0.163. The summed E-state index contributed by atoms with van der Waals surface area (Å²) in [4.78, 5) is 4.55. The second-order valence-electron chi connectivity index (χ2n) is 5.67. The van der Waals surface area contributed by atoms with Crippen LogP contribution in [-0.4, -0.2) is 43.5 Å². The molecule has 1 unspecified atom stereocenters. The van der Waals surface area contributed by atoms with Crippen molar-refractivity contribution in [2.45, 2.75) is 19.4 Å². The van der Waals surface area contributed by atoms with Crippen molar-refractivity contribution in [2.24, 2.45) is 5.92 Å². The third kappa shape index (κ3) is 4.16. The minimum atomic E-state index is -0.208. The molecule has 0 aliphatic carbocycles. The molecule has 1 aromatic rings. The average Bonchev–Trinajstić information content (AvgIpc) is 2.34. The van der Waals surface area contributed by atoms with Crippen LogP contribution >= 0.6 is 11.6 Å². The molecule has 1 saturated heterocycles. The Hall–Kier alpha value is -0.640. The molecular weight excluding hydrogens is 263 g/mol. The van der Waals surface area contributed by atoms with Crippen LogP contribution in [0.3, 0.4) is 0 Å². The van der Waals surface area contributed by atoms with E-state index in [1.54, 1.807) is 12.1 Å². The van der Waals surface area contributed by atoms with Crippen molar-refractivity contribution in [1.29, 1.82) is 0 Å². The molecule has 0 bridgehead atoms. The van der Waals surface area contributed by atoms with Crippen molar-refractivity contribution >= 4 is 11.6 Å². The van der Waals surface area contributed by atoms with Crippen molar-refractivity contribution in [3.05, 3.63) is 34.6 Å². The zero-order chi connectivity index (χ0) is 13.8. The van der Waals surface area contributed by atoms with E-state index in [9.17, 15) is 4.39 Å². The van der Waals surface area contributed by atoms with E-state index in [1.807, 2.05) is 7.05 Å². The number of likely N-dealkylation sites (tertiary alicyclic amines) is 1. The van der Waals surface area contributed by atoms with E-state index in [0.29, 0.717) is 23.0 Å². The number of halogens is 2. The molecule has 1 aromatic carbocycles. The van der Waals surface area contributed by atoms with Gasteiger partial charge in [0.25, 0.3) is 0 Å². The second-order valence-corrected chi connectivity index (χ2v) is 6.07. The van der Waals surface area contributed by atoms with Crippen LogP contribution in [0.4, 0.5) is 4.39 Å². The first kappa shape index (κ1) is 14.8. The summed E-state index contributed by atoms with van der Waals surface area (Å²) in [7, 11) is 4.21. The molecule has 1 aliphatic rings. The molecule has 0 saturated carbocycles. The summed E-state index contributed by atoms with van der Waals surface area (Å²) in [6.45, 7) is 3.90. The largest absolute Gasteiger partial charge is 0.306 e. The Morgan fingerprint density at radius 2 is 2.26 bits per heavy atom. The van der Waals surface area contributed by atoms with Crippen molar-refractivity contribution in [1.82, 2.24) is 9.80 Å². The van der Waals surface area contributed by atoms with Gasteiger partial charge in [-0.15, -0.1) is 0 Å². The van der Waals surface area contributed by atoms with Crippen LogP contribution in [0.25, 0.3) is 0 Å². The molecule has 1 aliphatic heterocycles. The maximum absolute atomic E-state index is 13.7. The van der Waals surface area contributed by atoms with Crippen LogP contribution < -0.4 is 0 Å². The lowest BCUT2D eigenvalue weighted by Crippen LogP contribution is -2.37. The van der Waals surface area contributed by atoms with E-state index in [2.05, 4.69) is 16.8 Å². The normalized spacial score (nSPS) is 21.0. The van der Waals surface area contributed by atoms with Crippen LogP contribution in [-0.2, 0) is 6.54 Å². The highest BCUT2D eigenvalue weighted by Crippen LogP contribution is 2.22. The SMILES string of the molecule is CN1CCCC(CN(C)Cc2c(F)cccc2Cl)C1. The third-order valence-electron chi connectivity index (χ3n) is 3.78. The molecule has 2 nitrogen and oxygen atoms in total. The fourth-order valence-corrected chi connectivity index (χ4v) is 3.10. The van der Waals surface area contributed by atoms with Gasteiger partial charge in [-0.05, 0) is 51.5 Å². The molecule has 0 aromatic heterocycles. The Balaban J connectivity index is 1.92. The standard InChI is InChI=1S/C15H22ClFN2/c1-18-8-4-5-12(9-18)10-19(2)11-13-14(16)6-3-7-15(13)17/h3,6-7,12H,4-5,8-11H2,1-2H3. The van der Waals surface area contributed by atoms with Gasteiger partial charge in [-0.3, -0.25) is 0 Å². The van der Waals surface area contributed by atoms with E-state index in [0.717, 1.165) is 13.1 Å². The lowest BCUT2D eigenvalue weighted by Gasteiger charge is -2.32. The van der Waals surface area contributed by atoms with Crippen LogP contribution in [0.5, 0.6) is 0 Å². The number of piperidine rings is 1. The van der Waals surface area contributed by atoms with Crippen molar-refractivity contribution < 1.29 is 4.39 Å². The van der Waals surface area contributed by atoms with E-state index in [-0.39, 0.29) is 5.82 Å². The van der Waals surface area contributed by atoms with Crippen LogP contribution in [0.15, 0.2) is 18.2 Å². The molecule has 1 heterocycles. The smallest absolute Gasteiger partial charge is 0.129 e. The van der Waals surface area contributed by atoms with Crippen molar-refractivity contribution in [2.75, 3.05) is 33.7 Å². The molecule has 19 heavy (non-hydrogen) atoms. The molecule has 106 valence electrons. The number of benzene rings is 1. The Bertz CT molecular complexity index is 404. The molecule has 0 N–H and O–H groups in total. The topological polar surface area (TPSA) is 6.48 Å². The number of nitrogens with zero attached hydrogens (tertiary/aromatic N) is 2. The Morgan fingerprint density at radius 3 is 2.95 bits per heavy atom. The molecule has 1 fully saturated rings. The maximum Gasteiger partial charge on any atom is 0.129 e. The van der Waals surface area contributed by atoms with E-state index in [4.69, 9.17) is 11.6 Å². The van der Waals surface area contributed by atoms with E-state index in [1.165, 1.54) is 25.5 Å². The summed E-state index contributed by atoms with van der Waals surface area (Å²) in [5.74, 6) is 0.467. The second kappa shape index (κ2) is 6.69. The van der Waals surface area contributed by atoms with Crippen LogP contribution in [0, 0.1) is 11.7 Å².